The Labute approximate surface area is 145 Å². The SMILES string of the molecule is C[C@]12CC[C@H](Cc3ccccc3)C[C@@]1(O)CC[C@@H]2C=NOCCN. The maximum atomic E-state index is 11.4. The van der Waals surface area contributed by atoms with E-state index in [4.69, 9.17) is 10.6 Å². The fourth-order valence-corrected chi connectivity index (χ4v) is 4.76. The first-order valence-corrected chi connectivity index (χ1v) is 9.19. The molecule has 0 heterocycles. The lowest BCUT2D eigenvalue weighted by Gasteiger charge is -2.48. The van der Waals surface area contributed by atoms with Gasteiger partial charge in [-0.1, -0.05) is 42.4 Å². The lowest BCUT2D eigenvalue weighted by Crippen LogP contribution is -2.50. The first kappa shape index (κ1) is 17.4. The van der Waals surface area contributed by atoms with Crippen molar-refractivity contribution in [2.75, 3.05) is 13.2 Å². The molecule has 24 heavy (non-hydrogen) atoms. The summed E-state index contributed by atoms with van der Waals surface area (Å²) >= 11 is 0. The molecule has 0 amide bonds. The summed E-state index contributed by atoms with van der Waals surface area (Å²) in [5.41, 5.74) is 6.13. The summed E-state index contributed by atoms with van der Waals surface area (Å²) in [6.07, 6.45) is 7.94. The lowest BCUT2D eigenvalue weighted by molar-refractivity contribution is -0.106. The Kier molecular flexibility index (Phi) is 5.26. The Balaban J connectivity index is 1.65. The predicted molar refractivity (Wildman–Crippen MR) is 96.8 cm³/mol. The van der Waals surface area contributed by atoms with Crippen LogP contribution in [0.5, 0.6) is 0 Å². The van der Waals surface area contributed by atoms with Gasteiger partial charge >= 0.3 is 0 Å². The molecule has 0 unspecified atom stereocenters. The molecule has 0 aromatic heterocycles. The maximum Gasteiger partial charge on any atom is 0.129 e. The van der Waals surface area contributed by atoms with E-state index < -0.39 is 5.60 Å². The van der Waals surface area contributed by atoms with Crippen molar-refractivity contribution in [3.63, 3.8) is 0 Å². The van der Waals surface area contributed by atoms with E-state index in [2.05, 4.69) is 42.4 Å². The molecule has 2 saturated carbocycles. The molecule has 0 aliphatic heterocycles. The quantitative estimate of drug-likeness (QED) is 0.478. The molecule has 2 aliphatic rings. The van der Waals surface area contributed by atoms with Crippen LogP contribution in [0.4, 0.5) is 0 Å². The van der Waals surface area contributed by atoms with Crippen molar-refractivity contribution in [1.82, 2.24) is 0 Å². The van der Waals surface area contributed by atoms with Crippen LogP contribution in [0.2, 0.25) is 0 Å². The first-order valence-electron chi connectivity index (χ1n) is 9.19. The number of oxime groups is 1. The summed E-state index contributed by atoms with van der Waals surface area (Å²) in [5.74, 6) is 0.854. The highest BCUT2D eigenvalue weighted by Crippen LogP contribution is 2.58. The zero-order valence-electron chi connectivity index (χ0n) is 14.7. The van der Waals surface area contributed by atoms with E-state index in [9.17, 15) is 5.11 Å². The number of aliphatic hydroxyl groups is 1. The Morgan fingerprint density at radius 3 is 2.83 bits per heavy atom. The van der Waals surface area contributed by atoms with Gasteiger partial charge in [-0.3, -0.25) is 0 Å². The smallest absolute Gasteiger partial charge is 0.129 e. The van der Waals surface area contributed by atoms with Crippen LogP contribution in [0, 0.1) is 17.3 Å². The van der Waals surface area contributed by atoms with Crippen molar-refractivity contribution in [1.29, 1.82) is 0 Å². The number of rotatable bonds is 6. The molecule has 4 nitrogen and oxygen atoms in total. The van der Waals surface area contributed by atoms with Gasteiger partial charge in [0.25, 0.3) is 0 Å². The molecule has 3 rings (SSSR count). The van der Waals surface area contributed by atoms with Gasteiger partial charge in [0.1, 0.15) is 6.61 Å². The molecule has 3 N–H and O–H groups in total. The van der Waals surface area contributed by atoms with Gasteiger partial charge in [-0.15, -0.1) is 0 Å². The molecule has 2 fully saturated rings. The summed E-state index contributed by atoms with van der Waals surface area (Å²) in [5, 5.41) is 15.5. The van der Waals surface area contributed by atoms with E-state index in [0.717, 1.165) is 32.1 Å². The Hall–Kier alpha value is -1.39. The molecular formula is C20H30N2O2. The van der Waals surface area contributed by atoms with Gasteiger partial charge in [0.2, 0.25) is 0 Å². The highest BCUT2D eigenvalue weighted by Gasteiger charge is 2.58. The molecule has 1 aromatic rings. The van der Waals surface area contributed by atoms with Crippen LogP contribution < -0.4 is 5.73 Å². The summed E-state index contributed by atoms with van der Waals surface area (Å²) in [6.45, 7) is 3.16. The largest absolute Gasteiger partial charge is 0.395 e. The van der Waals surface area contributed by atoms with Crippen LogP contribution in [0.1, 0.15) is 44.6 Å². The number of hydrogen-bond acceptors (Lipinski definition) is 4. The van der Waals surface area contributed by atoms with Gasteiger partial charge in [-0.25, -0.2) is 0 Å². The van der Waals surface area contributed by atoms with Crippen LogP contribution in [0.15, 0.2) is 35.5 Å². The summed E-state index contributed by atoms with van der Waals surface area (Å²) in [4.78, 5) is 5.17. The van der Waals surface area contributed by atoms with Crippen molar-refractivity contribution in [2.45, 2.75) is 51.0 Å². The van der Waals surface area contributed by atoms with E-state index in [1.54, 1.807) is 0 Å². The van der Waals surface area contributed by atoms with E-state index in [1.807, 2.05) is 6.21 Å². The molecule has 0 saturated heterocycles. The molecule has 1 aromatic carbocycles. The fourth-order valence-electron chi connectivity index (χ4n) is 4.76. The van der Waals surface area contributed by atoms with Crippen LogP contribution in [0.25, 0.3) is 0 Å². The minimum absolute atomic E-state index is 0.0875. The standard InChI is InChI=1S/C20H30N2O2/c1-19-9-7-17(13-16-5-3-2-4-6-16)14-20(19,23)10-8-18(19)15-22-24-12-11-21/h2-6,15,17-18,23H,7-14,21H2,1H3/t17-,18-,19-,20+/m1/s1. The molecule has 132 valence electrons. The van der Waals surface area contributed by atoms with Gasteiger partial charge in [0, 0.05) is 24.1 Å². The van der Waals surface area contributed by atoms with E-state index in [-0.39, 0.29) is 11.3 Å². The number of hydrogen-bond donors (Lipinski definition) is 2. The predicted octanol–water partition coefficient (Wildman–Crippen LogP) is 3.14. The van der Waals surface area contributed by atoms with Crippen LogP contribution in [-0.2, 0) is 11.3 Å². The fraction of sp³-hybridized carbons (Fsp3) is 0.650. The van der Waals surface area contributed by atoms with Gasteiger partial charge in [0.05, 0.1) is 5.60 Å². The second-order valence-corrected chi connectivity index (χ2v) is 7.77. The normalized spacial score (nSPS) is 36.0. The highest BCUT2D eigenvalue weighted by molar-refractivity contribution is 5.62. The minimum Gasteiger partial charge on any atom is -0.395 e. The number of benzene rings is 1. The number of fused-ring (bicyclic) bond motifs is 1. The van der Waals surface area contributed by atoms with E-state index in [0.29, 0.717) is 19.1 Å². The third-order valence-corrected chi connectivity index (χ3v) is 6.34. The molecule has 0 radical (unpaired) electrons. The minimum atomic E-state index is -0.574. The Morgan fingerprint density at radius 2 is 2.08 bits per heavy atom. The molecule has 4 heteroatoms. The van der Waals surface area contributed by atoms with Gasteiger partial charge < -0.3 is 15.7 Å². The Morgan fingerprint density at radius 1 is 1.29 bits per heavy atom. The van der Waals surface area contributed by atoms with E-state index in [1.165, 1.54) is 12.0 Å². The molecule has 0 bridgehead atoms. The second-order valence-electron chi connectivity index (χ2n) is 7.77. The first-order chi connectivity index (χ1) is 11.6. The topological polar surface area (TPSA) is 67.8 Å². The van der Waals surface area contributed by atoms with Crippen molar-refractivity contribution in [2.24, 2.45) is 28.1 Å². The summed E-state index contributed by atoms with van der Waals surface area (Å²) in [6, 6.07) is 10.6. The number of nitrogens with zero attached hydrogens (tertiary/aromatic N) is 1. The maximum absolute atomic E-state index is 11.4. The molecular weight excluding hydrogens is 300 g/mol. The average Bonchev–Trinajstić information content (AvgIpc) is 2.84. The zero-order chi connectivity index (χ0) is 17.0. The molecule has 0 spiro atoms. The lowest BCUT2D eigenvalue weighted by atomic mass is 9.59. The molecule has 4 atom stereocenters. The van der Waals surface area contributed by atoms with Gasteiger partial charge in [-0.05, 0) is 50.0 Å². The number of nitrogens with two attached hydrogens (primary N) is 1. The van der Waals surface area contributed by atoms with E-state index >= 15 is 0 Å². The summed E-state index contributed by atoms with van der Waals surface area (Å²) < 4.78 is 0. The van der Waals surface area contributed by atoms with Gasteiger partial charge in [-0.2, -0.15) is 0 Å². The monoisotopic (exact) mass is 330 g/mol. The van der Waals surface area contributed by atoms with Gasteiger partial charge in [0.15, 0.2) is 0 Å². The highest BCUT2D eigenvalue weighted by atomic mass is 16.6. The second kappa shape index (κ2) is 7.24. The zero-order valence-corrected chi connectivity index (χ0v) is 14.7. The molecule has 2 aliphatic carbocycles. The Bertz CT molecular complexity index is 562. The van der Waals surface area contributed by atoms with Crippen LogP contribution in [-0.4, -0.2) is 30.1 Å². The van der Waals surface area contributed by atoms with Crippen molar-refractivity contribution < 1.29 is 9.94 Å². The van der Waals surface area contributed by atoms with Crippen molar-refractivity contribution in [3.8, 4) is 0 Å². The van der Waals surface area contributed by atoms with Crippen LogP contribution in [0.3, 0.4) is 0 Å². The van der Waals surface area contributed by atoms with Crippen molar-refractivity contribution in [3.05, 3.63) is 35.9 Å². The summed E-state index contributed by atoms with van der Waals surface area (Å²) in [7, 11) is 0. The van der Waals surface area contributed by atoms with Crippen LogP contribution >= 0.6 is 0 Å². The van der Waals surface area contributed by atoms with Crippen molar-refractivity contribution >= 4 is 6.21 Å². The third-order valence-electron chi connectivity index (χ3n) is 6.34. The third kappa shape index (κ3) is 3.35. The average molecular weight is 330 g/mol.